The molecule has 0 radical (unpaired) electrons. The molecule has 1 aliphatic carbocycles. The molecule has 2 rings (SSSR count). The highest BCUT2D eigenvalue weighted by molar-refractivity contribution is 5.57. The fourth-order valence-electron chi connectivity index (χ4n) is 1.45. The van der Waals surface area contributed by atoms with Gasteiger partial charge in [0.1, 0.15) is 0 Å². The van der Waals surface area contributed by atoms with Crippen LogP contribution in [-0.4, -0.2) is 9.78 Å². The van der Waals surface area contributed by atoms with Gasteiger partial charge in [-0.1, -0.05) is 12.2 Å². The number of nitrogens with zero attached hydrogens (tertiary/aromatic N) is 2. The lowest BCUT2D eigenvalue weighted by Gasteiger charge is -2.05. The van der Waals surface area contributed by atoms with Gasteiger partial charge in [-0.15, -0.1) is 0 Å². The van der Waals surface area contributed by atoms with Crippen LogP contribution in [0, 0.1) is 13.8 Å². The molecular weight excluding hydrogens is 160 g/mol. The van der Waals surface area contributed by atoms with E-state index in [0.29, 0.717) is 0 Å². The summed E-state index contributed by atoms with van der Waals surface area (Å²) in [6.45, 7) is 4.13. The van der Waals surface area contributed by atoms with Gasteiger partial charge >= 0.3 is 0 Å². The van der Waals surface area contributed by atoms with Gasteiger partial charge in [-0.2, -0.15) is 5.10 Å². The van der Waals surface area contributed by atoms with Crippen LogP contribution >= 0.6 is 0 Å². The highest BCUT2D eigenvalue weighted by Gasteiger charge is 2.03. The third kappa shape index (κ3) is 1.57. The van der Waals surface area contributed by atoms with Crippen molar-refractivity contribution in [2.75, 3.05) is 0 Å². The van der Waals surface area contributed by atoms with Crippen LogP contribution in [0.4, 0.5) is 0 Å². The Morgan fingerprint density at radius 1 is 1.31 bits per heavy atom. The minimum absolute atomic E-state index is 1.11. The molecule has 0 aromatic carbocycles. The molecule has 1 aromatic heterocycles. The van der Waals surface area contributed by atoms with Gasteiger partial charge in [0, 0.05) is 6.20 Å². The van der Waals surface area contributed by atoms with Crippen LogP contribution < -0.4 is 0 Å². The van der Waals surface area contributed by atoms with Crippen molar-refractivity contribution in [3.63, 3.8) is 0 Å². The van der Waals surface area contributed by atoms with Crippen molar-refractivity contribution in [2.45, 2.75) is 26.7 Å². The normalized spacial score (nSPS) is 16.0. The smallest absolute Gasteiger partial charge is 0.0627 e. The lowest BCUT2D eigenvalue weighted by atomic mass is 10.1. The second-order valence-corrected chi connectivity index (χ2v) is 3.45. The molecule has 0 spiro atoms. The maximum atomic E-state index is 4.43. The maximum absolute atomic E-state index is 4.43. The molecule has 0 saturated carbocycles. The van der Waals surface area contributed by atoms with Crippen molar-refractivity contribution < 1.29 is 0 Å². The lowest BCUT2D eigenvalue weighted by Crippen LogP contribution is -1.97. The summed E-state index contributed by atoms with van der Waals surface area (Å²) in [5.41, 5.74) is 3.56. The molecule has 1 heterocycles. The Morgan fingerprint density at radius 2 is 2.15 bits per heavy atom. The van der Waals surface area contributed by atoms with Crippen LogP contribution in [0.2, 0.25) is 0 Å². The van der Waals surface area contributed by atoms with E-state index in [4.69, 9.17) is 0 Å². The number of aryl methyl sites for hydroxylation is 2. The SMILES string of the molecule is Cc1cn(C2=CCCC=C2)nc1C. The van der Waals surface area contributed by atoms with Gasteiger partial charge in [0.25, 0.3) is 0 Å². The molecule has 68 valence electrons. The van der Waals surface area contributed by atoms with Gasteiger partial charge in [0.15, 0.2) is 0 Å². The fourth-order valence-corrected chi connectivity index (χ4v) is 1.45. The molecule has 2 heteroatoms. The average molecular weight is 174 g/mol. The molecule has 0 fully saturated rings. The predicted octanol–water partition coefficient (Wildman–Crippen LogP) is 2.69. The monoisotopic (exact) mass is 174 g/mol. The van der Waals surface area contributed by atoms with Crippen molar-refractivity contribution in [1.29, 1.82) is 0 Å². The van der Waals surface area contributed by atoms with Gasteiger partial charge in [0.2, 0.25) is 0 Å². The van der Waals surface area contributed by atoms with E-state index < -0.39 is 0 Å². The van der Waals surface area contributed by atoms with E-state index in [1.165, 1.54) is 11.3 Å². The Balaban J connectivity index is 2.35. The van der Waals surface area contributed by atoms with E-state index in [1.54, 1.807) is 0 Å². The van der Waals surface area contributed by atoms with E-state index in [2.05, 4.69) is 36.4 Å². The van der Waals surface area contributed by atoms with Crippen molar-refractivity contribution in [3.05, 3.63) is 35.7 Å². The van der Waals surface area contributed by atoms with Crippen LogP contribution in [-0.2, 0) is 0 Å². The van der Waals surface area contributed by atoms with Crippen LogP contribution in [0.1, 0.15) is 24.1 Å². The Labute approximate surface area is 78.6 Å². The van der Waals surface area contributed by atoms with Crippen LogP contribution in [0.3, 0.4) is 0 Å². The molecule has 0 amide bonds. The Bertz CT molecular complexity index is 350. The van der Waals surface area contributed by atoms with Crippen LogP contribution in [0.5, 0.6) is 0 Å². The maximum Gasteiger partial charge on any atom is 0.0627 e. The number of hydrogen-bond acceptors (Lipinski definition) is 1. The number of allylic oxidation sites excluding steroid dienone is 4. The molecule has 13 heavy (non-hydrogen) atoms. The topological polar surface area (TPSA) is 17.8 Å². The summed E-state index contributed by atoms with van der Waals surface area (Å²) in [5, 5.41) is 4.43. The highest BCUT2D eigenvalue weighted by atomic mass is 15.3. The first-order valence-electron chi connectivity index (χ1n) is 4.67. The van der Waals surface area contributed by atoms with Crippen molar-refractivity contribution >= 4 is 5.70 Å². The summed E-state index contributed by atoms with van der Waals surface area (Å²) in [4.78, 5) is 0. The lowest BCUT2D eigenvalue weighted by molar-refractivity contribution is 0.872. The van der Waals surface area contributed by atoms with Crippen molar-refractivity contribution in [2.24, 2.45) is 0 Å². The zero-order valence-electron chi connectivity index (χ0n) is 8.12. The first-order chi connectivity index (χ1) is 6.27. The zero-order valence-corrected chi connectivity index (χ0v) is 8.12. The van der Waals surface area contributed by atoms with Crippen LogP contribution in [0.15, 0.2) is 24.4 Å². The van der Waals surface area contributed by atoms with Crippen molar-refractivity contribution in [1.82, 2.24) is 9.78 Å². The van der Waals surface area contributed by atoms with E-state index in [-0.39, 0.29) is 0 Å². The molecule has 0 atom stereocenters. The second-order valence-electron chi connectivity index (χ2n) is 3.45. The predicted molar refractivity (Wildman–Crippen MR) is 54.3 cm³/mol. The molecule has 1 aromatic rings. The minimum atomic E-state index is 1.11. The van der Waals surface area contributed by atoms with E-state index in [1.807, 2.05) is 11.6 Å². The summed E-state index contributed by atoms with van der Waals surface area (Å²) in [7, 11) is 0. The Morgan fingerprint density at radius 3 is 2.69 bits per heavy atom. The highest BCUT2D eigenvalue weighted by Crippen LogP contribution is 2.15. The summed E-state index contributed by atoms with van der Waals surface area (Å²) in [6.07, 6.45) is 10.9. The van der Waals surface area contributed by atoms with Crippen molar-refractivity contribution in [3.8, 4) is 0 Å². The number of aromatic nitrogens is 2. The summed E-state index contributed by atoms with van der Waals surface area (Å²) < 4.78 is 1.96. The third-order valence-corrected chi connectivity index (χ3v) is 2.38. The average Bonchev–Trinajstić information content (AvgIpc) is 2.49. The molecule has 0 saturated heterocycles. The first-order valence-corrected chi connectivity index (χ1v) is 4.67. The standard InChI is InChI=1S/C11H14N2/c1-9-8-13(12-10(9)2)11-6-4-3-5-7-11/h4,6-8H,3,5H2,1-2H3. The summed E-state index contributed by atoms with van der Waals surface area (Å²) in [6, 6.07) is 0. The fraction of sp³-hybridized carbons (Fsp3) is 0.364. The zero-order chi connectivity index (χ0) is 9.26. The molecule has 0 bridgehead atoms. The first kappa shape index (κ1) is 8.30. The number of rotatable bonds is 1. The van der Waals surface area contributed by atoms with Crippen LogP contribution in [0.25, 0.3) is 5.70 Å². The summed E-state index contributed by atoms with van der Waals surface area (Å²) in [5.74, 6) is 0. The molecule has 1 aliphatic rings. The molecule has 2 nitrogen and oxygen atoms in total. The molecule has 0 N–H and O–H groups in total. The Kier molecular flexibility index (Phi) is 2.05. The molecule has 0 aliphatic heterocycles. The number of hydrogen-bond donors (Lipinski definition) is 0. The van der Waals surface area contributed by atoms with Gasteiger partial charge in [-0.05, 0) is 38.3 Å². The quantitative estimate of drug-likeness (QED) is 0.640. The van der Waals surface area contributed by atoms with Gasteiger partial charge in [0.05, 0.1) is 11.4 Å². The third-order valence-electron chi connectivity index (χ3n) is 2.38. The largest absolute Gasteiger partial charge is 0.241 e. The molecular formula is C11H14N2. The van der Waals surface area contributed by atoms with Gasteiger partial charge in [-0.25, -0.2) is 4.68 Å². The van der Waals surface area contributed by atoms with E-state index in [0.717, 1.165) is 18.5 Å². The van der Waals surface area contributed by atoms with Gasteiger partial charge < -0.3 is 0 Å². The summed E-state index contributed by atoms with van der Waals surface area (Å²) >= 11 is 0. The van der Waals surface area contributed by atoms with Gasteiger partial charge in [-0.3, -0.25) is 0 Å². The van der Waals surface area contributed by atoms with E-state index in [9.17, 15) is 0 Å². The van der Waals surface area contributed by atoms with E-state index >= 15 is 0 Å². The second kappa shape index (κ2) is 3.21. The minimum Gasteiger partial charge on any atom is -0.241 e. The Hall–Kier alpha value is -1.31. The molecule has 0 unspecified atom stereocenters.